The number of rotatable bonds is 7. The molecule has 2 amide bonds. The minimum absolute atomic E-state index is 0. The zero-order valence-electron chi connectivity index (χ0n) is 22.7. The molecule has 0 bridgehead atoms. The summed E-state index contributed by atoms with van der Waals surface area (Å²) in [6.45, 7) is 3.58. The minimum Gasteiger partial charge on any atom is -0.545 e. The number of aliphatic hydroxyl groups is 1. The number of carbonyl (C=O) groups is 4. The number of aromatic carboxylic acids is 1. The number of fused-ring (bicyclic) bond motifs is 1. The summed E-state index contributed by atoms with van der Waals surface area (Å²) in [5.74, 6) is -5.28. The summed E-state index contributed by atoms with van der Waals surface area (Å²) in [7, 11) is 0. The molecule has 4 rings (SSSR count). The standard InChI is InChI=1S/C22H25N3O7S.Na/c1-9-16-15(10(2)26)20(28)25(16)17(22(31)32)18(9)33-13-7-14(23-8-13)19(27)24-12-5-3-4-11(6-12)21(29)30;/h3-6,9-10,13-16,23,26H,7-8H2,1-2H3,(H,24,27)(H,29,30)(H,31,32);/q;+1/p-1/t9-,10?,13?,14+,15-,16-;/m1./s1/i3D,4D,5D,6D;. The van der Waals surface area contributed by atoms with Gasteiger partial charge in [0.25, 0.3) is 0 Å². The van der Waals surface area contributed by atoms with Crippen LogP contribution in [0.15, 0.2) is 34.8 Å². The van der Waals surface area contributed by atoms with E-state index in [1.807, 2.05) is 0 Å². The van der Waals surface area contributed by atoms with Crippen molar-refractivity contribution in [1.82, 2.24) is 10.2 Å². The molecular weight excluding hydrogens is 473 g/mol. The van der Waals surface area contributed by atoms with E-state index in [4.69, 9.17) is 5.48 Å². The fourth-order valence-corrected chi connectivity index (χ4v) is 6.05. The number of aliphatic hydroxyl groups excluding tert-OH is 1. The molecule has 3 aliphatic rings. The van der Waals surface area contributed by atoms with Crippen molar-refractivity contribution in [2.45, 2.75) is 43.7 Å². The molecule has 3 aliphatic heterocycles. The second-order valence-electron chi connectivity index (χ2n) is 8.24. The van der Waals surface area contributed by atoms with Crippen molar-refractivity contribution in [1.29, 1.82) is 0 Å². The van der Waals surface area contributed by atoms with Gasteiger partial charge in [-0.2, -0.15) is 0 Å². The Morgan fingerprint density at radius 2 is 2.09 bits per heavy atom. The van der Waals surface area contributed by atoms with E-state index >= 15 is 0 Å². The Morgan fingerprint density at radius 3 is 2.71 bits per heavy atom. The van der Waals surface area contributed by atoms with Crippen LogP contribution in [0.25, 0.3) is 0 Å². The van der Waals surface area contributed by atoms with Crippen molar-refractivity contribution in [2.75, 3.05) is 11.9 Å². The van der Waals surface area contributed by atoms with Crippen molar-refractivity contribution in [2.24, 2.45) is 11.8 Å². The molecule has 6 atom stereocenters. The number of aliphatic carboxylic acids is 1. The van der Waals surface area contributed by atoms with Crippen molar-refractivity contribution < 1.29 is 69.5 Å². The number of nitrogens with one attached hydrogen (secondary N) is 2. The number of nitrogens with zero attached hydrogens (tertiary/aromatic N) is 1. The van der Waals surface area contributed by atoms with Gasteiger partial charge >= 0.3 is 35.5 Å². The van der Waals surface area contributed by atoms with Crippen LogP contribution in [0.5, 0.6) is 0 Å². The Hall–Kier alpha value is -1.89. The quantitative estimate of drug-likeness (QED) is 0.221. The maximum atomic E-state index is 12.9. The van der Waals surface area contributed by atoms with Gasteiger partial charge in [-0.05, 0) is 31.0 Å². The number of thioether (sulfide) groups is 1. The number of amides is 2. The van der Waals surface area contributed by atoms with E-state index in [1.54, 1.807) is 6.92 Å². The molecule has 0 aliphatic carbocycles. The van der Waals surface area contributed by atoms with Gasteiger partial charge in [-0.3, -0.25) is 9.59 Å². The van der Waals surface area contributed by atoms with Gasteiger partial charge in [-0.25, -0.2) is 4.79 Å². The Balaban J connectivity index is 0.00000400. The van der Waals surface area contributed by atoms with E-state index in [-0.39, 0.29) is 52.8 Å². The first-order chi connectivity index (χ1) is 17.3. The normalized spacial score (nSPS) is 30.3. The molecule has 0 spiro atoms. The van der Waals surface area contributed by atoms with E-state index in [0.717, 1.165) is 0 Å². The van der Waals surface area contributed by atoms with Crippen LogP contribution in [-0.4, -0.2) is 68.8 Å². The van der Waals surface area contributed by atoms with Gasteiger partial charge in [-0.1, -0.05) is 19.0 Å². The maximum Gasteiger partial charge on any atom is 1.00 e. The van der Waals surface area contributed by atoms with Crippen LogP contribution in [0.2, 0.25) is 0 Å². The summed E-state index contributed by atoms with van der Waals surface area (Å²) >= 11 is 1.23. The van der Waals surface area contributed by atoms with Crippen molar-refractivity contribution in [3.05, 3.63) is 40.3 Å². The number of benzene rings is 1. The summed E-state index contributed by atoms with van der Waals surface area (Å²) in [5.41, 5.74) is -1.54. The van der Waals surface area contributed by atoms with Gasteiger partial charge in [0.1, 0.15) is 5.70 Å². The van der Waals surface area contributed by atoms with Gasteiger partial charge < -0.3 is 35.6 Å². The number of carboxylic acid groups (broad SMARTS) is 2. The first-order valence-electron chi connectivity index (χ1n) is 12.3. The third-order valence-corrected chi connectivity index (χ3v) is 7.60. The number of β-lactam (4-membered cyclic amide) rings is 1. The molecule has 3 heterocycles. The number of hydrogen-bond acceptors (Lipinski definition) is 8. The largest absolute Gasteiger partial charge is 1.00 e. The van der Waals surface area contributed by atoms with Gasteiger partial charge in [0.2, 0.25) is 11.8 Å². The smallest absolute Gasteiger partial charge is 0.545 e. The third kappa shape index (κ3) is 4.77. The molecule has 0 aromatic heterocycles. The minimum atomic E-state index is -1.87. The molecule has 0 saturated carbocycles. The fraction of sp³-hybridized carbons (Fsp3) is 0.455. The van der Waals surface area contributed by atoms with E-state index in [0.29, 0.717) is 11.4 Å². The third-order valence-electron chi connectivity index (χ3n) is 6.09. The van der Waals surface area contributed by atoms with Gasteiger partial charge in [0, 0.05) is 28.3 Å². The first kappa shape index (κ1) is 21.4. The molecule has 10 nitrogen and oxygen atoms in total. The molecular formula is C22H24N3NaO7S. The topological polar surface area (TPSA) is 159 Å². The molecule has 1 aromatic carbocycles. The van der Waals surface area contributed by atoms with E-state index < -0.39 is 83.3 Å². The zero-order valence-corrected chi connectivity index (χ0v) is 21.5. The summed E-state index contributed by atoms with van der Waals surface area (Å²) in [4.78, 5) is 50.4. The Kier molecular flexibility index (Phi) is 6.54. The number of hydrogen-bond donors (Lipinski definition) is 4. The van der Waals surface area contributed by atoms with Crippen LogP contribution in [0.3, 0.4) is 0 Å². The molecule has 12 heteroatoms. The second-order valence-corrected chi connectivity index (χ2v) is 9.58. The van der Waals surface area contributed by atoms with Crippen LogP contribution in [0.4, 0.5) is 5.69 Å². The number of carbonyl (C=O) groups excluding carboxylic acids is 3. The predicted molar refractivity (Wildman–Crippen MR) is 117 cm³/mol. The average Bonchev–Trinajstić information content (AvgIpc) is 3.37. The van der Waals surface area contributed by atoms with Crippen molar-refractivity contribution >= 4 is 41.2 Å². The molecule has 4 N–H and O–H groups in total. The van der Waals surface area contributed by atoms with E-state index in [2.05, 4.69) is 10.6 Å². The number of anilines is 1. The predicted octanol–water partition coefficient (Wildman–Crippen LogP) is -3.39. The zero-order chi connectivity index (χ0) is 27.5. The molecule has 2 saturated heterocycles. The SMILES string of the molecule is [2H]c1c([2H])c(NC(=O)[C@@H]2CC(SC3=C(C(=O)O)N4C(=O)[C@H](C(C)O)[C@H]4[C@H]3C)CN2)c([2H])c(C(=O)[O-])c1[2H].[Na+]. The van der Waals surface area contributed by atoms with Gasteiger partial charge in [0.05, 0.1) is 35.6 Å². The molecule has 2 unspecified atom stereocenters. The molecule has 176 valence electrons. The second kappa shape index (κ2) is 10.4. The summed E-state index contributed by atoms with van der Waals surface area (Å²) in [5, 5.41) is 36.1. The van der Waals surface area contributed by atoms with Crippen molar-refractivity contribution in [3.63, 3.8) is 0 Å². The Labute approximate surface area is 228 Å². The summed E-state index contributed by atoms with van der Waals surface area (Å²) < 4.78 is 31.4. The van der Waals surface area contributed by atoms with Crippen LogP contribution in [0.1, 0.15) is 36.1 Å². The van der Waals surface area contributed by atoms with Gasteiger partial charge in [0.15, 0.2) is 0 Å². The van der Waals surface area contributed by atoms with Crippen molar-refractivity contribution in [3.8, 4) is 0 Å². The van der Waals surface area contributed by atoms with E-state index in [9.17, 15) is 34.5 Å². The number of carboxylic acids is 2. The summed E-state index contributed by atoms with van der Waals surface area (Å²) in [6, 6.07) is -4.38. The summed E-state index contributed by atoms with van der Waals surface area (Å²) in [6.07, 6.45) is -0.706. The first-order valence-corrected chi connectivity index (χ1v) is 11.2. The average molecular weight is 502 g/mol. The van der Waals surface area contributed by atoms with Gasteiger partial charge in [-0.15, -0.1) is 11.8 Å². The Bertz CT molecular complexity index is 1260. The van der Waals surface area contributed by atoms with Crippen LogP contribution < -0.4 is 45.3 Å². The monoisotopic (exact) mass is 501 g/mol. The Morgan fingerprint density at radius 1 is 1.38 bits per heavy atom. The molecule has 0 radical (unpaired) electrons. The molecule has 2 fully saturated rings. The molecule has 34 heavy (non-hydrogen) atoms. The molecule has 1 aromatic rings. The van der Waals surface area contributed by atoms with Crippen LogP contribution in [-0.2, 0) is 14.4 Å². The van der Waals surface area contributed by atoms with Crippen LogP contribution >= 0.6 is 11.8 Å². The van der Waals surface area contributed by atoms with Crippen LogP contribution in [0, 0.1) is 11.8 Å². The van der Waals surface area contributed by atoms with E-state index in [1.165, 1.54) is 23.6 Å². The fourth-order valence-electron chi connectivity index (χ4n) is 4.57. The maximum absolute atomic E-state index is 12.9.